The quantitative estimate of drug-likeness (QED) is 0.843. The maximum atomic E-state index is 12.7. The highest BCUT2D eigenvalue weighted by molar-refractivity contribution is 5.89. The van der Waals surface area contributed by atoms with Crippen LogP contribution in [0.2, 0.25) is 0 Å². The lowest BCUT2D eigenvalue weighted by Crippen LogP contribution is -2.37. The number of nitrogens with zero attached hydrogens (tertiary/aromatic N) is 1. The number of esters is 2. The van der Waals surface area contributed by atoms with E-state index < -0.39 is 11.6 Å². The van der Waals surface area contributed by atoms with E-state index in [1.165, 1.54) is 7.11 Å². The molecular weight excluding hydrogens is 324 g/mol. The van der Waals surface area contributed by atoms with Crippen molar-refractivity contribution >= 4 is 11.9 Å². The number of carbonyl (C=O) groups is 2. The van der Waals surface area contributed by atoms with Gasteiger partial charge in [-0.25, -0.2) is 4.79 Å². The van der Waals surface area contributed by atoms with Crippen molar-refractivity contribution in [3.63, 3.8) is 0 Å². The van der Waals surface area contributed by atoms with Crippen molar-refractivity contribution in [3.8, 4) is 0 Å². The number of aromatic amines is 1. The molecule has 0 saturated heterocycles. The normalized spacial score (nSPS) is 32.3. The molecule has 7 heteroatoms. The van der Waals surface area contributed by atoms with Gasteiger partial charge in [0.2, 0.25) is 0 Å². The molecule has 1 aromatic heterocycles. The highest BCUT2D eigenvalue weighted by Crippen LogP contribution is 2.47. The maximum absolute atomic E-state index is 12.7. The van der Waals surface area contributed by atoms with Gasteiger partial charge in [-0.2, -0.15) is 5.10 Å². The summed E-state index contributed by atoms with van der Waals surface area (Å²) in [4.78, 5) is 24.5. The molecule has 1 N–H and O–H groups in total. The third-order valence-electron chi connectivity index (χ3n) is 6.03. The average molecular weight is 348 g/mol. The summed E-state index contributed by atoms with van der Waals surface area (Å²) in [6.45, 7) is 4.26. The van der Waals surface area contributed by atoms with Crippen LogP contribution in [0.3, 0.4) is 0 Å². The Hall–Kier alpha value is -1.89. The van der Waals surface area contributed by atoms with Crippen LogP contribution in [-0.4, -0.2) is 35.3 Å². The molecule has 4 atom stereocenters. The largest absolute Gasteiger partial charge is 0.469 e. The van der Waals surface area contributed by atoms with Gasteiger partial charge in [0.25, 0.3) is 0 Å². The van der Waals surface area contributed by atoms with Gasteiger partial charge in [-0.3, -0.25) is 9.89 Å². The number of fused-ring (bicyclic) bond motifs is 3. The Morgan fingerprint density at radius 2 is 1.92 bits per heavy atom. The number of H-pyrrole nitrogens is 1. The number of aromatic nitrogens is 2. The van der Waals surface area contributed by atoms with Crippen LogP contribution in [0.15, 0.2) is 0 Å². The van der Waals surface area contributed by atoms with Crippen LogP contribution < -0.4 is 0 Å². The number of rotatable bonds is 3. The Balaban J connectivity index is 1.47. The molecule has 2 unspecified atom stereocenters. The Kier molecular flexibility index (Phi) is 3.86. The molecule has 3 aliphatic rings. The van der Waals surface area contributed by atoms with Crippen molar-refractivity contribution in [1.29, 1.82) is 0 Å². The van der Waals surface area contributed by atoms with E-state index in [-0.39, 0.29) is 29.8 Å². The standard InChI is InChI=1S/C18H24N2O5/c1-18(2)15-12(8-24-18)13(19-20-15)17(22)25-14-9-4-5-10(14)7-11(6-9)16(21)23-3/h9-11,14H,4-8H2,1-3H3,(H,19,20)/t9-,10+,11?,14?. The number of nitrogens with one attached hydrogen (secondary N) is 1. The number of ether oxygens (including phenoxy) is 3. The van der Waals surface area contributed by atoms with Gasteiger partial charge in [-0.1, -0.05) is 0 Å². The van der Waals surface area contributed by atoms with E-state index in [1.807, 2.05) is 13.8 Å². The van der Waals surface area contributed by atoms with Gasteiger partial charge in [0.15, 0.2) is 5.69 Å². The number of hydrogen-bond donors (Lipinski definition) is 1. The molecule has 1 aromatic rings. The molecule has 2 fully saturated rings. The monoisotopic (exact) mass is 348 g/mol. The third kappa shape index (κ3) is 2.65. The lowest BCUT2D eigenvalue weighted by Gasteiger charge is -2.33. The molecule has 0 aromatic carbocycles. The van der Waals surface area contributed by atoms with Gasteiger partial charge >= 0.3 is 11.9 Å². The zero-order valence-corrected chi connectivity index (χ0v) is 14.8. The number of carbonyl (C=O) groups excluding carboxylic acids is 2. The molecule has 1 aliphatic heterocycles. The van der Waals surface area contributed by atoms with Crippen LogP contribution in [0.1, 0.15) is 61.3 Å². The van der Waals surface area contributed by atoms with E-state index in [4.69, 9.17) is 14.2 Å². The predicted octanol–water partition coefficient (Wildman–Crippen LogP) is 2.31. The maximum Gasteiger partial charge on any atom is 0.359 e. The van der Waals surface area contributed by atoms with Crippen LogP contribution in [0.4, 0.5) is 0 Å². The lowest BCUT2D eigenvalue weighted by molar-refractivity contribution is -0.148. The first-order valence-electron chi connectivity index (χ1n) is 8.91. The van der Waals surface area contributed by atoms with Crippen molar-refractivity contribution < 1.29 is 23.8 Å². The second-order valence-electron chi connectivity index (χ2n) is 7.88. The summed E-state index contributed by atoms with van der Waals surface area (Å²) in [7, 11) is 1.43. The van der Waals surface area contributed by atoms with Gasteiger partial charge in [-0.15, -0.1) is 0 Å². The molecule has 2 aliphatic carbocycles. The fourth-order valence-electron chi connectivity index (χ4n) is 4.70. The highest BCUT2D eigenvalue weighted by atomic mass is 16.5. The Labute approximate surface area is 146 Å². The van der Waals surface area contributed by atoms with E-state index in [2.05, 4.69) is 10.2 Å². The minimum atomic E-state index is -0.460. The molecule has 25 heavy (non-hydrogen) atoms. The lowest BCUT2D eigenvalue weighted by atomic mass is 9.79. The molecule has 2 heterocycles. The van der Waals surface area contributed by atoms with E-state index >= 15 is 0 Å². The van der Waals surface area contributed by atoms with E-state index in [0.717, 1.165) is 36.9 Å². The van der Waals surface area contributed by atoms with Crippen LogP contribution >= 0.6 is 0 Å². The number of methoxy groups -OCH3 is 1. The predicted molar refractivity (Wildman–Crippen MR) is 86.6 cm³/mol. The summed E-state index contributed by atoms with van der Waals surface area (Å²) < 4.78 is 16.4. The minimum absolute atomic E-state index is 0.0683. The minimum Gasteiger partial charge on any atom is -0.469 e. The highest BCUT2D eigenvalue weighted by Gasteiger charge is 2.48. The van der Waals surface area contributed by atoms with E-state index in [9.17, 15) is 9.59 Å². The Morgan fingerprint density at radius 1 is 1.24 bits per heavy atom. The van der Waals surface area contributed by atoms with Crippen LogP contribution in [0.5, 0.6) is 0 Å². The zero-order chi connectivity index (χ0) is 17.8. The smallest absolute Gasteiger partial charge is 0.359 e. The molecule has 4 rings (SSSR count). The average Bonchev–Trinajstić information content (AvgIpc) is 3.20. The topological polar surface area (TPSA) is 90.5 Å². The Morgan fingerprint density at radius 3 is 2.56 bits per heavy atom. The van der Waals surface area contributed by atoms with E-state index in [1.54, 1.807) is 0 Å². The van der Waals surface area contributed by atoms with Gasteiger partial charge < -0.3 is 14.2 Å². The first-order chi connectivity index (χ1) is 11.9. The molecule has 7 nitrogen and oxygen atoms in total. The van der Waals surface area contributed by atoms with Crippen LogP contribution in [0.25, 0.3) is 0 Å². The van der Waals surface area contributed by atoms with Gasteiger partial charge in [0.05, 0.1) is 25.3 Å². The summed E-state index contributed by atoms with van der Waals surface area (Å²) >= 11 is 0. The first kappa shape index (κ1) is 16.6. The SMILES string of the molecule is COC(=O)C1C[C@H]2CC[C@@H](C1)C2OC(=O)c1n[nH]c2c1COC2(C)C. The summed E-state index contributed by atoms with van der Waals surface area (Å²) in [6, 6.07) is 0. The van der Waals surface area contributed by atoms with Crippen molar-refractivity contribution in [2.45, 2.75) is 57.8 Å². The van der Waals surface area contributed by atoms with Crippen molar-refractivity contribution in [2.75, 3.05) is 7.11 Å². The second-order valence-corrected chi connectivity index (χ2v) is 7.88. The third-order valence-corrected chi connectivity index (χ3v) is 6.03. The van der Waals surface area contributed by atoms with Crippen molar-refractivity contribution in [2.24, 2.45) is 17.8 Å². The van der Waals surface area contributed by atoms with Crippen molar-refractivity contribution in [1.82, 2.24) is 10.2 Å². The molecule has 0 spiro atoms. The molecule has 2 saturated carbocycles. The molecular formula is C18H24N2O5. The molecule has 2 bridgehead atoms. The summed E-state index contributed by atoms with van der Waals surface area (Å²) in [5.74, 6) is -0.150. The molecule has 136 valence electrons. The fourth-order valence-corrected chi connectivity index (χ4v) is 4.70. The fraction of sp³-hybridized carbons (Fsp3) is 0.722. The van der Waals surface area contributed by atoms with Gasteiger partial charge in [0.1, 0.15) is 11.7 Å². The summed E-state index contributed by atoms with van der Waals surface area (Å²) in [5, 5.41) is 7.10. The summed E-state index contributed by atoms with van der Waals surface area (Å²) in [6.07, 6.45) is 3.32. The van der Waals surface area contributed by atoms with E-state index in [0.29, 0.717) is 12.3 Å². The molecule has 0 amide bonds. The van der Waals surface area contributed by atoms with Gasteiger partial charge in [0, 0.05) is 5.56 Å². The van der Waals surface area contributed by atoms with Crippen molar-refractivity contribution in [3.05, 3.63) is 17.0 Å². The Bertz CT molecular complexity index is 696. The number of hydrogen-bond acceptors (Lipinski definition) is 6. The summed E-state index contributed by atoms with van der Waals surface area (Å²) in [5.41, 5.74) is 1.51. The second kappa shape index (κ2) is 5.83. The van der Waals surface area contributed by atoms with Crippen LogP contribution in [-0.2, 0) is 31.2 Å². The molecule has 0 radical (unpaired) electrons. The first-order valence-corrected chi connectivity index (χ1v) is 8.91. The van der Waals surface area contributed by atoms with Gasteiger partial charge in [-0.05, 0) is 51.4 Å². The zero-order valence-electron chi connectivity index (χ0n) is 14.8. The van der Waals surface area contributed by atoms with Crippen LogP contribution in [0, 0.1) is 17.8 Å².